The molecule has 2 fully saturated rings. The molecule has 0 bridgehead atoms. The van der Waals surface area contributed by atoms with Gasteiger partial charge in [-0.3, -0.25) is 0 Å². The number of hydrogen-bond acceptors (Lipinski definition) is 4. The lowest BCUT2D eigenvalue weighted by Crippen LogP contribution is -2.48. The third-order valence-corrected chi connectivity index (χ3v) is 5.90. The van der Waals surface area contributed by atoms with E-state index in [1.54, 1.807) is 0 Å². The molecule has 1 spiro atoms. The molecule has 0 aliphatic carbocycles. The van der Waals surface area contributed by atoms with E-state index in [-0.39, 0.29) is 5.60 Å². The van der Waals surface area contributed by atoms with E-state index < -0.39 is 0 Å². The lowest BCUT2D eigenvalue weighted by molar-refractivity contribution is -0.0658. The number of thioether (sulfide) groups is 1. The van der Waals surface area contributed by atoms with Gasteiger partial charge in [0.2, 0.25) is 0 Å². The van der Waals surface area contributed by atoms with Crippen LogP contribution in [0.2, 0.25) is 0 Å². The molecular weight excluding hydrogens is 268 g/mol. The molecule has 1 aromatic carbocycles. The molecule has 2 N–H and O–H groups in total. The van der Waals surface area contributed by atoms with Crippen LogP contribution in [0.1, 0.15) is 24.8 Å². The minimum absolute atomic E-state index is 0.138. The van der Waals surface area contributed by atoms with Gasteiger partial charge in [-0.05, 0) is 36.6 Å². The molecule has 2 saturated heterocycles. The number of rotatable bonds is 3. The predicted molar refractivity (Wildman–Crippen MR) is 86.4 cm³/mol. The highest BCUT2D eigenvalue weighted by Gasteiger charge is 2.41. The van der Waals surface area contributed by atoms with Crippen LogP contribution in [-0.2, 0) is 11.3 Å². The van der Waals surface area contributed by atoms with Gasteiger partial charge in [-0.2, -0.15) is 11.8 Å². The van der Waals surface area contributed by atoms with Crippen molar-refractivity contribution in [3.63, 3.8) is 0 Å². The molecule has 2 aliphatic rings. The zero-order valence-electron chi connectivity index (χ0n) is 12.2. The van der Waals surface area contributed by atoms with Crippen molar-refractivity contribution in [1.82, 2.24) is 0 Å². The van der Waals surface area contributed by atoms with Gasteiger partial charge in [-0.15, -0.1) is 0 Å². The summed E-state index contributed by atoms with van der Waals surface area (Å²) in [4.78, 5) is 2.43. The number of ether oxygens (including phenoxy) is 1. The number of hydrogen-bond donors (Lipinski definition) is 1. The van der Waals surface area contributed by atoms with Crippen molar-refractivity contribution in [1.29, 1.82) is 0 Å². The Balaban J connectivity index is 1.77. The zero-order valence-corrected chi connectivity index (χ0v) is 13.0. The van der Waals surface area contributed by atoms with E-state index in [4.69, 9.17) is 10.5 Å². The van der Waals surface area contributed by atoms with E-state index in [0.717, 1.165) is 25.2 Å². The fraction of sp³-hybridized carbons (Fsp3) is 0.625. The molecule has 0 amide bonds. The minimum Gasteiger partial charge on any atom is -0.374 e. The van der Waals surface area contributed by atoms with Crippen LogP contribution in [0.5, 0.6) is 0 Å². The summed E-state index contributed by atoms with van der Waals surface area (Å²) < 4.78 is 6.13. The first kappa shape index (κ1) is 14.2. The van der Waals surface area contributed by atoms with Gasteiger partial charge < -0.3 is 15.4 Å². The van der Waals surface area contributed by atoms with Crippen LogP contribution in [0.4, 0.5) is 5.69 Å². The Morgan fingerprint density at radius 1 is 1.45 bits per heavy atom. The van der Waals surface area contributed by atoms with Gasteiger partial charge in [0, 0.05) is 37.7 Å². The van der Waals surface area contributed by atoms with Crippen LogP contribution < -0.4 is 10.6 Å². The molecule has 2 heterocycles. The Labute approximate surface area is 125 Å². The van der Waals surface area contributed by atoms with Crippen molar-refractivity contribution in [3.05, 3.63) is 29.8 Å². The minimum atomic E-state index is 0.138. The van der Waals surface area contributed by atoms with Crippen LogP contribution in [0.3, 0.4) is 0 Å². The third-order valence-electron chi connectivity index (χ3n) is 4.67. The van der Waals surface area contributed by atoms with Crippen molar-refractivity contribution < 1.29 is 4.74 Å². The van der Waals surface area contributed by atoms with Gasteiger partial charge in [0.15, 0.2) is 0 Å². The molecule has 0 aromatic heterocycles. The fourth-order valence-electron chi connectivity index (χ4n) is 3.42. The molecule has 3 rings (SSSR count). The van der Waals surface area contributed by atoms with E-state index in [1.807, 2.05) is 11.8 Å². The lowest BCUT2D eigenvalue weighted by atomic mass is 9.89. The van der Waals surface area contributed by atoms with Gasteiger partial charge in [0.05, 0.1) is 5.60 Å². The van der Waals surface area contributed by atoms with Crippen molar-refractivity contribution in [2.75, 3.05) is 30.1 Å². The Hall–Kier alpha value is -0.710. The van der Waals surface area contributed by atoms with E-state index in [1.165, 1.54) is 23.4 Å². The monoisotopic (exact) mass is 292 g/mol. The summed E-state index contributed by atoms with van der Waals surface area (Å²) in [6.45, 7) is 1.49. The second-order valence-electron chi connectivity index (χ2n) is 5.92. The van der Waals surface area contributed by atoms with Crippen molar-refractivity contribution >= 4 is 17.4 Å². The summed E-state index contributed by atoms with van der Waals surface area (Å²) in [6, 6.07) is 9.06. The van der Waals surface area contributed by atoms with Crippen LogP contribution in [0.15, 0.2) is 24.3 Å². The topological polar surface area (TPSA) is 38.5 Å². The van der Waals surface area contributed by atoms with Gasteiger partial charge in [0.1, 0.15) is 0 Å². The summed E-state index contributed by atoms with van der Waals surface area (Å²) >= 11 is 2.03. The molecule has 2 unspecified atom stereocenters. The maximum Gasteiger partial charge on any atom is 0.0799 e. The van der Waals surface area contributed by atoms with Crippen LogP contribution >= 0.6 is 11.8 Å². The molecule has 110 valence electrons. The Morgan fingerprint density at radius 3 is 3.05 bits per heavy atom. The summed E-state index contributed by atoms with van der Waals surface area (Å²) in [5.41, 5.74) is 8.53. The summed E-state index contributed by atoms with van der Waals surface area (Å²) in [6.07, 6.45) is 3.47. The van der Waals surface area contributed by atoms with Crippen molar-refractivity contribution in [3.8, 4) is 0 Å². The molecule has 1 aromatic rings. The average molecular weight is 292 g/mol. The smallest absolute Gasteiger partial charge is 0.0799 e. The number of para-hydroxylation sites is 1. The van der Waals surface area contributed by atoms with Crippen molar-refractivity contribution in [2.24, 2.45) is 5.73 Å². The van der Waals surface area contributed by atoms with Gasteiger partial charge in [-0.25, -0.2) is 0 Å². The fourth-order valence-corrected chi connectivity index (χ4v) is 4.80. The van der Waals surface area contributed by atoms with Crippen LogP contribution in [-0.4, -0.2) is 36.8 Å². The molecule has 3 nitrogen and oxygen atoms in total. The highest BCUT2D eigenvalue weighted by Crippen LogP contribution is 2.40. The second-order valence-corrected chi connectivity index (χ2v) is 7.03. The summed E-state index contributed by atoms with van der Waals surface area (Å²) in [5.74, 6) is 2.41. The molecule has 0 radical (unpaired) electrons. The Bertz CT molecular complexity index is 460. The van der Waals surface area contributed by atoms with E-state index >= 15 is 0 Å². The maximum absolute atomic E-state index is 6.13. The Kier molecular flexibility index (Phi) is 4.24. The maximum atomic E-state index is 6.13. The molecule has 2 atom stereocenters. The van der Waals surface area contributed by atoms with Gasteiger partial charge in [0.25, 0.3) is 0 Å². The normalized spacial score (nSPS) is 29.8. The molecular formula is C16H24N2OS. The Morgan fingerprint density at radius 2 is 2.30 bits per heavy atom. The second kappa shape index (κ2) is 5.96. The highest BCUT2D eigenvalue weighted by molar-refractivity contribution is 7.99. The predicted octanol–water partition coefficient (Wildman–Crippen LogP) is 2.64. The van der Waals surface area contributed by atoms with Gasteiger partial charge in [-0.1, -0.05) is 18.2 Å². The quantitative estimate of drug-likeness (QED) is 0.929. The van der Waals surface area contributed by atoms with Crippen LogP contribution in [0.25, 0.3) is 0 Å². The van der Waals surface area contributed by atoms with Crippen LogP contribution in [0, 0.1) is 0 Å². The largest absolute Gasteiger partial charge is 0.374 e. The standard InChI is InChI=1S/C16H24N2OS/c1-18(15-5-3-2-4-13(15)11-17)14-6-8-19-16(10-14)7-9-20-12-16/h2-5,14H,6-12,17H2,1H3. The first-order valence-electron chi connectivity index (χ1n) is 7.47. The van der Waals surface area contributed by atoms with E-state index in [9.17, 15) is 0 Å². The zero-order chi connectivity index (χ0) is 14.0. The van der Waals surface area contributed by atoms with E-state index in [2.05, 4.69) is 36.2 Å². The van der Waals surface area contributed by atoms with E-state index in [0.29, 0.717) is 12.6 Å². The molecule has 0 saturated carbocycles. The summed E-state index contributed by atoms with van der Waals surface area (Å²) in [5, 5.41) is 0. The molecule has 20 heavy (non-hydrogen) atoms. The van der Waals surface area contributed by atoms with Gasteiger partial charge >= 0.3 is 0 Å². The van der Waals surface area contributed by atoms with Crippen molar-refractivity contribution in [2.45, 2.75) is 37.5 Å². The average Bonchev–Trinajstić information content (AvgIpc) is 2.94. The number of nitrogens with zero attached hydrogens (tertiary/aromatic N) is 1. The number of anilines is 1. The summed E-state index contributed by atoms with van der Waals surface area (Å²) in [7, 11) is 2.21. The SMILES string of the molecule is CN(c1ccccc1CN)C1CCOC2(CCSC2)C1. The first-order chi connectivity index (χ1) is 9.74. The third kappa shape index (κ3) is 2.69. The molecule has 4 heteroatoms. The highest BCUT2D eigenvalue weighted by atomic mass is 32.2. The first-order valence-corrected chi connectivity index (χ1v) is 8.62. The number of nitrogens with two attached hydrogens (primary N) is 1. The number of benzene rings is 1. The molecule has 2 aliphatic heterocycles. The lowest BCUT2D eigenvalue weighted by Gasteiger charge is -2.42.